The molecule has 1 unspecified atom stereocenters. The largest absolute Gasteiger partial charge is 0.451 e. The maximum absolute atomic E-state index is 13.1. The van der Waals surface area contributed by atoms with Crippen molar-refractivity contribution in [1.82, 2.24) is 10.2 Å². The van der Waals surface area contributed by atoms with Gasteiger partial charge in [-0.05, 0) is 42.0 Å². The number of amides is 2. The molecule has 1 atom stereocenters. The predicted octanol–water partition coefficient (Wildman–Crippen LogP) is 3.40. The molecule has 0 radical (unpaired) electrons. The molecule has 2 heterocycles. The molecule has 2 aromatic carbocycles. The summed E-state index contributed by atoms with van der Waals surface area (Å²) in [6.07, 6.45) is 0. The molecule has 4 rings (SSSR count). The van der Waals surface area contributed by atoms with Crippen LogP contribution in [0.15, 0.2) is 71.1 Å². The SMILES string of the molecule is O=C1NCCN(C(=O)c2ccc(-c3ccc(F)cc3)o2)C1c1ccccc1. The molecule has 0 saturated carbocycles. The standard InChI is InChI=1S/C21H17FN2O3/c22-16-8-6-14(7-9-16)17-10-11-18(27-17)21(26)24-13-12-23-20(25)19(24)15-4-2-1-3-5-15/h1-11,19H,12-13H2,(H,23,25). The van der Waals surface area contributed by atoms with Crippen LogP contribution in [0.3, 0.4) is 0 Å². The van der Waals surface area contributed by atoms with Gasteiger partial charge in [-0.25, -0.2) is 4.39 Å². The lowest BCUT2D eigenvalue weighted by atomic mass is 10.0. The van der Waals surface area contributed by atoms with E-state index in [9.17, 15) is 14.0 Å². The van der Waals surface area contributed by atoms with Crippen LogP contribution < -0.4 is 5.32 Å². The van der Waals surface area contributed by atoms with E-state index >= 15 is 0 Å². The number of halogens is 1. The van der Waals surface area contributed by atoms with Crippen LogP contribution in [-0.4, -0.2) is 29.8 Å². The number of nitrogens with zero attached hydrogens (tertiary/aromatic N) is 1. The second-order valence-electron chi connectivity index (χ2n) is 6.27. The summed E-state index contributed by atoms with van der Waals surface area (Å²) in [7, 11) is 0. The molecule has 6 heteroatoms. The fourth-order valence-electron chi connectivity index (χ4n) is 3.22. The number of hydrogen-bond acceptors (Lipinski definition) is 3. The number of hydrogen-bond donors (Lipinski definition) is 1. The Morgan fingerprint density at radius 2 is 1.78 bits per heavy atom. The van der Waals surface area contributed by atoms with E-state index in [1.54, 1.807) is 24.3 Å². The topological polar surface area (TPSA) is 62.6 Å². The molecule has 5 nitrogen and oxygen atoms in total. The van der Waals surface area contributed by atoms with Gasteiger partial charge in [-0.15, -0.1) is 0 Å². The van der Waals surface area contributed by atoms with E-state index in [-0.39, 0.29) is 23.4 Å². The maximum atomic E-state index is 13.1. The second-order valence-corrected chi connectivity index (χ2v) is 6.27. The number of nitrogens with one attached hydrogen (secondary N) is 1. The Morgan fingerprint density at radius 1 is 1.04 bits per heavy atom. The van der Waals surface area contributed by atoms with Crippen LogP contribution in [0.1, 0.15) is 22.2 Å². The molecule has 1 aliphatic heterocycles. The van der Waals surface area contributed by atoms with Gasteiger partial charge in [0.15, 0.2) is 5.76 Å². The number of rotatable bonds is 3. The summed E-state index contributed by atoms with van der Waals surface area (Å²) in [5.41, 5.74) is 1.42. The zero-order chi connectivity index (χ0) is 18.8. The lowest BCUT2D eigenvalue weighted by Gasteiger charge is -2.34. The van der Waals surface area contributed by atoms with E-state index in [0.29, 0.717) is 24.4 Å². The lowest BCUT2D eigenvalue weighted by Crippen LogP contribution is -2.52. The van der Waals surface area contributed by atoms with Gasteiger partial charge in [-0.3, -0.25) is 9.59 Å². The monoisotopic (exact) mass is 364 g/mol. The first kappa shape index (κ1) is 17.0. The van der Waals surface area contributed by atoms with E-state index in [4.69, 9.17) is 4.42 Å². The van der Waals surface area contributed by atoms with E-state index in [0.717, 1.165) is 5.56 Å². The summed E-state index contributed by atoms with van der Waals surface area (Å²) in [6.45, 7) is 0.774. The second kappa shape index (κ2) is 7.07. The minimum Gasteiger partial charge on any atom is -0.451 e. The molecule has 0 bridgehead atoms. The number of benzene rings is 2. The average Bonchev–Trinajstić information content (AvgIpc) is 3.18. The smallest absolute Gasteiger partial charge is 0.290 e. The van der Waals surface area contributed by atoms with Crippen LogP contribution in [0.25, 0.3) is 11.3 Å². The Bertz CT molecular complexity index is 967. The van der Waals surface area contributed by atoms with Crippen molar-refractivity contribution in [3.63, 3.8) is 0 Å². The number of furan rings is 1. The highest BCUT2D eigenvalue weighted by Gasteiger charge is 2.35. The van der Waals surface area contributed by atoms with Gasteiger partial charge in [0.05, 0.1) is 0 Å². The highest BCUT2D eigenvalue weighted by Crippen LogP contribution is 2.28. The van der Waals surface area contributed by atoms with Crippen molar-refractivity contribution >= 4 is 11.8 Å². The number of carbonyl (C=O) groups is 2. The molecular weight excluding hydrogens is 347 g/mol. The van der Waals surface area contributed by atoms with Crippen LogP contribution in [0, 0.1) is 5.82 Å². The Kier molecular flexibility index (Phi) is 4.46. The van der Waals surface area contributed by atoms with Crippen molar-refractivity contribution in [1.29, 1.82) is 0 Å². The fraction of sp³-hybridized carbons (Fsp3) is 0.143. The summed E-state index contributed by atoms with van der Waals surface area (Å²) >= 11 is 0. The number of carbonyl (C=O) groups excluding carboxylic acids is 2. The zero-order valence-corrected chi connectivity index (χ0v) is 14.4. The summed E-state index contributed by atoms with van der Waals surface area (Å²) in [4.78, 5) is 27.0. The molecule has 2 amide bonds. The molecule has 1 fully saturated rings. The van der Waals surface area contributed by atoms with Crippen LogP contribution in [-0.2, 0) is 4.79 Å². The molecule has 0 spiro atoms. The molecule has 1 aliphatic rings. The van der Waals surface area contributed by atoms with Crippen molar-refractivity contribution in [3.8, 4) is 11.3 Å². The van der Waals surface area contributed by atoms with Gasteiger partial charge in [0.2, 0.25) is 5.91 Å². The Morgan fingerprint density at radius 3 is 2.52 bits per heavy atom. The minimum atomic E-state index is -0.702. The Hall–Kier alpha value is -3.41. The third kappa shape index (κ3) is 3.33. The van der Waals surface area contributed by atoms with Crippen LogP contribution >= 0.6 is 0 Å². The molecule has 1 aromatic heterocycles. The first-order valence-electron chi connectivity index (χ1n) is 8.63. The highest BCUT2D eigenvalue weighted by atomic mass is 19.1. The van der Waals surface area contributed by atoms with Crippen LogP contribution in [0.2, 0.25) is 0 Å². The molecule has 136 valence electrons. The Labute approximate surface area is 155 Å². The molecule has 1 saturated heterocycles. The van der Waals surface area contributed by atoms with Gasteiger partial charge in [0.25, 0.3) is 5.91 Å². The quantitative estimate of drug-likeness (QED) is 0.775. The minimum absolute atomic E-state index is 0.143. The van der Waals surface area contributed by atoms with Crippen LogP contribution in [0.5, 0.6) is 0 Å². The van der Waals surface area contributed by atoms with Crippen molar-refractivity contribution in [2.75, 3.05) is 13.1 Å². The summed E-state index contributed by atoms with van der Waals surface area (Å²) in [6, 6.07) is 17.6. The first-order chi connectivity index (χ1) is 13.1. The number of piperazine rings is 1. The van der Waals surface area contributed by atoms with Gasteiger partial charge < -0.3 is 14.6 Å². The average molecular weight is 364 g/mol. The third-order valence-electron chi connectivity index (χ3n) is 4.53. The normalized spacial score (nSPS) is 16.9. The van der Waals surface area contributed by atoms with Crippen molar-refractivity contribution in [3.05, 3.63) is 83.9 Å². The molecule has 27 heavy (non-hydrogen) atoms. The van der Waals surface area contributed by atoms with Crippen molar-refractivity contribution in [2.24, 2.45) is 0 Å². The van der Waals surface area contributed by atoms with Crippen molar-refractivity contribution in [2.45, 2.75) is 6.04 Å². The van der Waals surface area contributed by atoms with Gasteiger partial charge in [-0.1, -0.05) is 30.3 Å². The Balaban J connectivity index is 1.63. The van der Waals surface area contributed by atoms with E-state index < -0.39 is 6.04 Å². The molecule has 3 aromatic rings. The van der Waals surface area contributed by atoms with Crippen molar-refractivity contribution < 1.29 is 18.4 Å². The lowest BCUT2D eigenvalue weighted by molar-refractivity contribution is -0.128. The van der Waals surface area contributed by atoms with Gasteiger partial charge in [0.1, 0.15) is 17.6 Å². The van der Waals surface area contributed by atoms with Gasteiger partial charge in [0, 0.05) is 18.7 Å². The maximum Gasteiger partial charge on any atom is 0.290 e. The van der Waals surface area contributed by atoms with Crippen LogP contribution in [0.4, 0.5) is 4.39 Å². The highest BCUT2D eigenvalue weighted by molar-refractivity contribution is 5.97. The van der Waals surface area contributed by atoms with E-state index in [1.807, 2.05) is 30.3 Å². The van der Waals surface area contributed by atoms with Gasteiger partial charge >= 0.3 is 0 Å². The fourth-order valence-corrected chi connectivity index (χ4v) is 3.22. The predicted molar refractivity (Wildman–Crippen MR) is 97.3 cm³/mol. The van der Waals surface area contributed by atoms with E-state index in [1.165, 1.54) is 17.0 Å². The third-order valence-corrected chi connectivity index (χ3v) is 4.53. The molecule has 1 N–H and O–H groups in total. The van der Waals surface area contributed by atoms with Gasteiger partial charge in [-0.2, -0.15) is 0 Å². The van der Waals surface area contributed by atoms with E-state index in [2.05, 4.69) is 5.32 Å². The molecular formula is C21H17FN2O3. The molecule has 0 aliphatic carbocycles. The zero-order valence-electron chi connectivity index (χ0n) is 14.4. The summed E-state index contributed by atoms with van der Waals surface area (Å²) in [5.74, 6) is -0.300. The first-order valence-corrected chi connectivity index (χ1v) is 8.63. The summed E-state index contributed by atoms with van der Waals surface area (Å²) in [5, 5.41) is 2.80. The summed E-state index contributed by atoms with van der Waals surface area (Å²) < 4.78 is 18.8.